The number of allylic oxidation sites excluding steroid dienone is 1. The van der Waals surface area contributed by atoms with E-state index in [0.29, 0.717) is 5.92 Å². The number of aromatic nitrogens is 1. The molecule has 1 aliphatic rings. The van der Waals surface area contributed by atoms with Crippen LogP contribution in [0.25, 0.3) is 11.3 Å². The summed E-state index contributed by atoms with van der Waals surface area (Å²) in [4.78, 5) is 4.71. The van der Waals surface area contributed by atoms with Crippen molar-refractivity contribution in [1.82, 2.24) is 4.98 Å². The number of hydrogen-bond acceptors (Lipinski definition) is 2. The fourth-order valence-corrected chi connectivity index (χ4v) is 4.94. The van der Waals surface area contributed by atoms with Gasteiger partial charge in [0.25, 0.3) is 0 Å². The number of nitrogens with zero attached hydrogens (tertiary/aromatic N) is 2. The molecule has 2 heteroatoms. The molecule has 0 amide bonds. The van der Waals surface area contributed by atoms with Crippen molar-refractivity contribution in [3.8, 4) is 17.3 Å². The number of unbranched alkanes of at least 4 members (excludes halogenated alkanes) is 2. The van der Waals surface area contributed by atoms with Gasteiger partial charge in [0.1, 0.15) is 0 Å². The Balaban J connectivity index is 1.55. The second kappa shape index (κ2) is 12.0. The van der Waals surface area contributed by atoms with E-state index in [0.717, 1.165) is 56.6 Å². The molecule has 0 radical (unpaired) electrons. The van der Waals surface area contributed by atoms with Crippen LogP contribution in [0, 0.1) is 22.7 Å². The zero-order chi connectivity index (χ0) is 22.8. The molecule has 170 valence electrons. The van der Waals surface area contributed by atoms with E-state index in [1.807, 2.05) is 12.3 Å². The molecule has 1 aromatic heterocycles. The first-order chi connectivity index (χ1) is 15.6. The monoisotopic (exact) mass is 428 g/mol. The Kier molecular flexibility index (Phi) is 9.10. The minimum atomic E-state index is -0.0861. The topological polar surface area (TPSA) is 36.7 Å². The van der Waals surface area contributed by atoms with E-state index in [1.165, 1.54) is 42.4 Å². The summed E-state index contributed by atoms with van der Waals surface area (Å²) in [5.41, 5.74) is 4.87. The first kappa shape index (κ1) is 24.2. The van der Waals surface area contributed by atoms with E-state index in [2.05, 4.69) is 62.9 Å². The molecular weight excluding hydrogens is 388 g/mol. The molecule has 0 unspecified atom stereocenters. The zero-order valence-electron chi connectivity index (χ0n) is 20.2. The molecule has 1 heterocycles. The maximum atomic E-state index is 9.88. The lowest BCUT2D eigenvalue weighted by atomic mass is 9.67. The van der Waals surface area contributed by atoms with E-state index in [1.54, 1.807) is 0 Å². The van der Waals surface area contributed by atoms with Crippen LogP contribution in [0.2, 0.25) is 0 Å². The summed E-state index contributed by atoms with van der Waals surface area (Å²) < 4.78 is 0. The second-order valence-electron chi connectivity index (χ2n) is 9.93. The van der Waals surface area contributed by atoms with Crippen LogP contribution >= 0.6 is 0 Å². The fraction of sp³-hybridized carbons (Fsp3) is 0.533. The predicted molar refractivity (Wildman–Crippen MR) is 135 cm³/mol. The summed E-state index contributed by atoms with van der Waals surface area (Å²) >= 11 is 0. The van der Waals surface area contributed by atoms with Gasteiger partial charge in [0.05, 0.1) is 17.2 Å². The zero-order valence-corrected chi connectivity index (χ0v) is 20.2. The highest BCUT2D eigenvalue weighted by Crippen LogP contribution is 2.46. The van der Waals surface area contributed by atoms with Crippen LogP contribution in [0.3, 0.4) is 0 Å². The van der Waals surface area contributed by atoms with Crippen LogP contribution in [0.1, 0.15) is 95.1 Å². The number of rotatable bonds is 11. The first-order valence-corrected chi connectivity index (χ1v) is 12.7. The SMILES string of the molecule is C=CCCCCc1ccc(-c2ccc([C@H]3CC[C@@](C#N)(CC[C@@H](C)CC)CC3)cc2)nc1. The number of pyridine rings is 1. The normalized spacial score (nSPS) is 21.6. The van der Waals surface area contributed by atoms with Gasteiger partial charge < -0.3 is 0 Å². The predicted octanol–water partition coefficient (Wildman–Crippen LogP) is 8.64. The Morgan fingerprint density at radius 3 is 2.50 bits per heavy atom. The average molecular weight is 429 g/mol. The van der Waals surface area contributed by atoms with Crippen molar-refractivity contribution in [2.45, 2.75) is 90.4 Å². The van der Waals surface area contributed by atoms with Crippen LogP contribution in [-0.4, -0.2) is 4.98 Å². The van der Waals surface area contributed by atoms with Crippen molar-refractivity contribution in [2.24, 2.45) is 11.3 Å². The van der Waals surface area contributed by atoms with Gasteiger partial charge in [-0.2, -0.15) is 5.26 Å². The number of benzene rings is 1. The fourth-order valence-electron chi connectivity index (χ4n) is 4.94. The highest BCUT2D eigenvalue weighted by molar-refractivity contribution is 5.59. The average Bonchev–Trinajstić information content (AvgIpc) is 2.86. The molecule has 2 nitrogen and oxygen atoms in total. The van der Waals surface area contributed by atoms with Gasteiger partial charge in [0.15, 0.2) is 0 Å². The van der Waals surface area contributed by atoms with Gasteiger partial charge in [-0.05, 0) is 93.2 Å². The Labute approximate surface area is 195 Å². The van der Waals surface area contributed by atoms with Crippen molar-refractivity contribution in [2.75, 3.05) is 0 Å². The summed E-state index contributed by atoms with van der Waals surface area (Å²) in [6, 6.07) is 16.1. The molecule has 1 saturated carbocycles. The van der Waals surface area contributed by atoms with E-state index in [-0.39, 0.29) is 5.41 Å². The van der Waals surface area contributed by atoms with Crippen LogP contribution in [-0.2, 0) is 6.42 Å². The van der Waals surface area contributed by atoms with Gasteiger partial charge in [-0.3, -0.25) is 4.98 Å². The Morgan fingerprint density at radius 2 is 1.91 bits per heavy atom. The summed E-state index contributed by atoms with van der Waals surface area (Å²) in [7, 11) is 0. The van der Waals surface area contributed by atoms with Gasteiger partial charge in [0.2, 0.25) is 0 Å². The smallest absolute Gasteiger partial charge is 0.0702 e. The molecule has 0 bridgehead atoms. The van der Waals surface area contributed by atoms with E-state index in [9.17, 15) is 5.26 Å². The van der Waals surface area contributed by atoms with Crippen molar-refractivity contribution in [3.05, 3.63) is 66.4 Å². The molecule has 0 spiro atoms. The molecule has 3 rings (SSSR count). The summed E-state index contributed by atoms with van der Waals surface area (Å²) in [5, 5.41) is 9.88. The second-order valence-corrected chi connectivity index (χ2v) is 9.93. The minimum absolute atomic E-state index is 0.0861. The number of aryl methyl sites for hydroxylation is 1. The Morgan fingerprint density at radius 1 is 1.16 bits per heavy atom. The summed E-state index contributed by atoms with van der Waals surface area (Å²) in [6.07, 6.45) is 16.4. The lowest BCUT2D eigenvalue weighted by molar-refractivity contribution is 0.213. The van der Waals surface area contributed by atoms with E-state index in [4.69, 9.17) is 4.98 Å². The highest BCUT2D eigenvalue weighted by Gasteiger charge is 2.35. The largest absolute Gasteiger partial charge is 0.256 e. The van der Waals surface area contributed by atoms with Crippen molar-refractivity contribution in [3.63, 3.8) is 0 Å². The van der Waals surface area contributed by atoms with Crippen LogP contribution in [0.4, 0.5) is 0 Å². The maximum Gasteiger partial charge on any atom is 0.0702 e. The third-order valence-electron chi connectivity index (χ3n) is 7.62. The molecule has 1 fully saturated rings. The number of nitriles is 1. The number of hydrogen-bond donors (Lipinski definition) is 0. The molecule has 1 atom stereocenters. The highest BCUT2D eigenvalue weighted by atomic mass is 14.7. The van der Waals surface area contributed by atoms with Crippen LogP contribution < -0.4 is 0 Å². The van der Waals surface area contributed by atoms with E-state index < -0.39 is 0 Å². The van der Waals surface area contributed by atoms with Gasteiger partial charge in [-0.15, -0.1) is 6.58 Å². The molecule has 2 aromatic rings. The molecule has 0 saturated heterocycles. The van der Waals surface area contributed by atoms with Crippen LogP contribution in [0.15, 0.2) is 55.3 Å². The van der Waals surface area contributed by atoms with Crippen LogP contribution in [0.5, 0.6) is 0 Å². The van der Waals surface area contributed by atoms with E-state index >= 15 is 0 Å². The molecule has 0 N–H and O–H groups in total. The van der Waals surface area contributed by atoms with Crippen molar-refractivity contribution >= 4 is 0 Å². The Hall–Kier alpha value is -2.40. The molecule has 1 aliphatic carbocycles. The molecule has 32 heavy (non-hydrogen) atoms. The third kappa shape index (κ3) is 6.55. The van der Waals surface area contributed by atoms with Gasteiger partial charge in [-0.25, -0.2) is 0 Å². The maximum absolute atomic E-state index is 9.88. The third-order valence-corrected chi connectivity index (χ3v) is 7.62. The van der Waals surface area contributed by atoms with Gasteiger partial charge in [-0.1, -0.05) is 56.7 Å². The lowest BCUT2D eigenvalue weighted by Gasteiger charge is -2.36. The molecule has 1 aromatic carbocycles. The van der Waals surface area contributed by atoms with Crippen molar-refractivity contribution in [1.29, 1.82) is 5.26 Å². The summed E-state index contributed by atoms with van der Waals surface area (Å²) in [6.45, 7) is 8.35. The quantitative estimate of drug-likeness (QED) is 0.265. The molecular formula is C30H40N2. The first-order valence-electron chi connectivity index (χ1n) is 12.7. The standard InChI is InChI=1S/C30H40N2/c1-4-6-7-8-9-25-10-15-29(32-22-25)28-13-11-26(12-14-28)27-17-20-30(23-31,21-18-27)19-16-24(3)5-2/h4,10-15,22,24,27H,1,5-9,16-21H2,2-3H3/t24-,27-,30-/m0/s1. The molecule has 0 aliphatic heterocycles. The minimum Gasteiger partial charge on any atom is -0.256 e. The lowest BCUT2D eigenvalue weighted by Crippen LogP contribution is -2.26. The van der Waals surface area contributed by atoms with Gasteiger partial charge >= 0.3 is 0 Å². The van der Waals surface area contributed by atoms with Gasteiger partial charge in [0, 0.05) is 11.8 Å². The van der Waals surface area contributed by atoms with Crippen molar-refractivity contribution < 1.29 is 0 Å². The summed E-state index contributed by atoms with van der Waals surface area (Å²) in [5.74, 6) is 1.31. The Bertz CT molecular complexity index is 865.